The molecule has 4 aromatic carbocycles. The summed E-state index contributed by atoms with van der Waals surface area (Å²) in [5.74, 6) is 0.315. The van der Waals surface area contributed by atoms with Crippen molar-refractivity contribution in [1.82, 2.24) is 0 Å². The van der Waals surface area contributed by atoms with Crippen molar-refractivity contribution in [2.75, 3.05) is 0 Å². The van der Waals surface area contributed by atoms with Crippen LogP contribution in [0.4, 0.5) is 0 Å². The van der Waals surface area contributed by atoms with Gasteiger partial charge in [0.2, 0.25) is 0 Å². The molecule has 2 aliphatic carbocycles. The molecule has 1 N–H and O–H groups in total. The van der Waals surface area contributed by atoms with Crippen molar-refractivity contribution in [3.63, 3.8) is 0 Å². The Hall–Kier alpha value is -3.32. The van der Waals surface area contributed by atoms with Gasteiger partial charge in [-0.2, -0.15) is 0 Å². The molecule has 122 valence electrons. The Kier molecular flexibility index (Phi) is 2.49. The Balaban J connectivity index is 1.87. The monoisotopic (exact) mass is 332 g/mol. The third-order valence-corrected chi connectivity index (χ3v) is 5.98. The molecule has 1 heteroatoms. The highest BCUT2D eigenvalue weighted by molar-refractivity contribution is 5.95. The summed E-state index contributed by atoms with van der Waals surface area (Å²) in [5.41, 5.74) is 9.88. The van der Waals surface area contributed by atoms with Gasteiger partial charge in [-0.3, -0.25) is 0 Å². The van der Waals surface area contributed by atoms with Crippen molar-refractivity contribution < 1.29 is 5.11 Å². The maximum atomic E-state index is 10.1. The first-order chi connectivity index (χ1) is 12.8. The van der Waals surface area contributed by atoms with E-state index in [1.165, 1.54) is 38.9 Å². The van der Waals surface area contributed by atoms with E-state index in [2.05, 4.69) is 78.9 Å². The Labute approximate surface area is 152 Å². The summed E-state index contributed by atoms with van der Waals surface area (Å²) in [4.78, 5) is 0. The quantitative estimate of drug-likeness (QED) is 0.376. The van der Waals surface area contributed by atoms with Crippen molar-refractivity contribution in [3.8, 4) is 28.0 Å². The van der Waals surface area contributed by atoms with E-state index < -0.39 is 0 Å². The highest BCUT2D eigenvalue weighted by Gasteiger charge is 2.51. The second kappa shape index (κ2) is 4.64. The number of hydrogen-bond acceptors (Lipinski definition) is 1. The molecule has 0 fully saturated rings. The summed E-state index contributed by atoms with van der Waals surface area (Å²) < 4.78 is 0. The molecule has 0 unspecified atom stereocenters. The van der Waals surface area contributed by atoms with E-state index in [1.807, 2.05) is 12.1 Å². The summed E-state index contributed by atoms with van der Waals surface area (Å²) in [6.45, 7) is 0. The third-order valence-electron chi connectivity index (χ3n) is 5.98. The lowest BCUT2D eigenvalue weighted by Crippen LogP contribution is -2.25. The number of benzene rings is 4. The molecule has 0 bridgehead atoms. The van der Waals surface area contributed by atoms with Gasteiger partial charge in [0.15, 0.2) is 0 Å². The van der Waals surface area contributed by atoms with Gasteiger partial charge in [-0.25, -0.2) is 0 Å². The number of fused-ring (bicyclic) bond motifs is 10. The van der Waals surface area contributed by atoms with Crippen molar-refractivity contribution in [2.45, 2.75) is 5.41 Å². The van der Waals surface area contributed by atoms with Crippen LogP contribution in [-0.4, -0.2) is 5.11 Å². The topological polar surface area (TPSA) is 20.2 Å². The first-order valence-corrected chi connectivity index (χ1v) is 8.94. The molecule has 2 aliphatic rings. The minimum Gasteiger partial charge on any atom is -0.508 e. The zero-order valence-corrected chi connectivity index (χ0v) is 14.1. The summed E-state index contributed by atoms with van der Waals surface area (Å²) in [6, 6.07) is 31.9. The molecule has 0 saturated carbocycles. The maximum absolute atomic E-state index is 10.1. The molecule has 1 spiro atoms. The van der Waals surface area contributed by atoms with Crippen LogP contribution in [0.1, 0.15) is 22.3 Å². The number of rotatable bonds is 0. The molecule has 0 saturated heterocycles. The van der Waals surface area contributed by atoms with Gasteiger partial charge in [-0.1, -0.05) is 78.9 Å². The predicted molar refractivity (Wildman–Crippen MR) is 104 cm³/mol. The van der Waals surface area contributed by atoms with Crippen molar-refractivity contribution in [2.24, 2.45) is 0 Å². The highest BCUT2D eigenvalue weighted by atomic mass is 16.3. The van der Waals surface area contributed by atoms with Crippen molar-refractivity contribution in [1.29, 1.82) is 0 Å². The standard InChI is InChI=1S/C25H16O/c26-16-13-14-24-20(15-16)19-9-3-6-12-23(19)25(24)21-10-4-1-7-17(21)18-8-2-5-11-22(18)25/h1-15,26H. The first kappa shape index (κ1) is 13.9. The molecule has 0 atom stereocenters. The predicted octanol–water partition coefficient (Wildman–Crippen LogP) is 5.74. The molecular formula is C25H16O. The van der Waals surface area contributed by atoms with Crippen LogP contribution in [0.2, 0.25) is 0 Å². The van der Waals surface area contributed by atoms with E-state index in [4.69, 9.17) is 0 Å². The molecule has 0 radical (unpaired) electrons. The average Bonchev–Trinajstić information content (AvgIpc) is 3.15. The summed E-state index contributed by atoms with van der Waals surface area (Å²) in [5, 5.41) is 10.1. The maximum Gasteiger partial charge on any atom is 0.116 e. The third kappa shape index (κ3) is 1.44. The summed E-state index contributed by atoms with van der Waals surface area (Å²) in [7, 11) is 0. The largest absolute Gasteiger partial charge is 0.508 e. The molecule has 6 rings (SSSR count). The van der Waals surface area contributed by atoms with Crippen LogP contribution in [-0.2, 0) is 5.41 Å². The second-order valence-electron chi connectivity index (χ2n) is 7.12. The van der Waals surface area contributed by atoms with E-state index in [1.54, 1.807) is 0 Å². The summed E-state index contributed by atoms with van der Waals surface area (Å²) in [6.07, 6.45) is 0. The fourth-order valence-electron chi connectivity index (χ4n) is 5.09. The molecule has 0 aliphatic heterocycles. The Morgan fingerprint density at radius 3 is 1.42 bits per heavy atom. The summed E-state index contributed by atoms with van der Waals surface area (Å²) >= 11 is 0. The van der Waals surface area contributed by atoms with Crippen molar-refractivity contribution in [3.05, 3.63) is 113 Å². The number of phenolic OH excluding ortho intramolecular Hbond substituents is 1. The Morgan fingerprint density at radius 2 is 0.885 bits per heavy atom. The van der Waals surface area contributed by atoms with Crippen LogP contribution in [0.25, 0.3) is 22.3 Å². The normalized spacial score (nSPS) is 14.6. The first-order valence-electron chi connectivity index (χ1n) is 8.94. The molecule has 0 aromatic heterocycles. The van der Waals surface area contributed by atoms with Gasteiger partial charge in [0.05, 0.1) is 5.41 Å². The zero-order valence-electron chi connectivity index (χ0n) is 14.1. The van der Waals surface area contributed by atoms with E-state index in [9.17, 15) is 5.11 Å². The van der Waals surface area contributed by atoms with Crippen molar-refractivity contribution >= 4 is 0 Å². The highest BCUT2D eigenvalue weighted by Crippen LogP contribution is 2.62. The Bertz CT molecular complexity index is 1160. The fraction of sp³-hybridized carbons (Fsp3) is 0.0400. The number of hydrogen-bond donors (Lipinski definition) is 1. The van der Waals surface area contributed by atoms with Gasteiger partial charge in [0, 0.05) is 0 Å². The molecule has 0 heterocycles. The van der Waals surface area contributed by atoms with Gasteiger partial charge in [0.25, 0.3) is 0 Å². The lowest BCUT2D eigenvalue weighted by molar-refractivity contribution is 0.475. The van der Waals surface area contributed by atoms with E-state index >= 15 is 0 Å². The van der Waals surface area contributed by atoms with E-state index in [0.29, 0.717) is 5.75 Å². The minimum atomic E-state index is -0.299. The number of aromatic hydroxyl groups is 1. The lowest BCUT2D eigenvalue weighted by atomic mass is 9.70. The van der Waals surface area contributed by atoms with Crippen LogP contribution in [0.5, 0.6) is 5.75 Å². The van der Waals surface area contributed by atoms with Gasteiger partial charge in [-0.05, 0) is 56.6 Å². The van der Waals surface area contributed by atoms with Gasteiger partial charge in [0.1, 0.15) is 5.75 Å². The SMILES string of the molecule is Oc1ccc2c(c1)-c1ccccc1C21c2ccccc2-c2ccccc21. The smallest absolute Gasteiger partial charge is 0.116 e. The van der Waals surface area contributed by atoms with E-state index in [0.717, 1.165) is 5.56 Å². The Morgan fingerprint density at radius 1 is 0.462 bits per heavy atom. The van der Waals surface area contributed by atoms with Crippen LogP contribution >= 0.6 is 0 Å². The molecule has 26 heavy (non-hydrogen) atoms. The fourth-order valence-corrected chi connectivity index (χ4v) is 5.09. The zero-order chi connectivity index (χ0) is 17.3. The second-order valence-corrected chi connectivity index (χ2v) is 7.12. The average molecular weight is 332 g/mol. The van der Waals surface area contributed by atoms with Crippen LogP contribution < -0.4 is 0 Å². The van der Waals surface area contributed by atoms with Crippen LogP contribution in [0.3, 0.4) is 0 Å². The molecular weight excluding hydrogens is 316 g/mol. The number of phenols is 1. The van der Waals surface area contributed by atoms with E-state index in [-0.39, 0.29) is 5.41 Å². The molecule has 1 nitrogen and oxygen atoms in total. The minimum absolute atomic E-state index is 0.299. The van der Waals surface area contributed by atoms with Crippen LogP contribution in [0.15, 0.2) is 91.0 Å². The molecule has 4 aromatic rings. The van der Waals surface area contributed by atoms with Gasteiger partial charge < -0.3 is 5.11 Å². The lowest BCUT2D eigenvalue weighted by Gasteiger charge is -2.30. The van der Waals surface area contributed by atoms with Crippen LogP contribution in [0, 0.1) is 0 Å². The molecule has 0 amide bonds. The van der Waals surface area contributed by atoms with Gasteiger partial charge >= 0.3 is 0 Å². The van der Waals surface area contributed by atoms with Gasteiger partial charge in [-0.15, -0.1) is 0 Å².